The van der Waals surface area contributed by atoms with Gasteiger partial charge in [0.05, 0.1) is 25.8 Å². The van der Waals surface area contributed by atoms with E-state index in [0.29, 0.717) is 40.7 Å². The van der Waals surface area contributed by atoms with E-state index < -0.39 is 5.91 Å². The molecule has 0 spiro atoms. The Morgan fingerprint density at radius 2 is 1.96 bits per heavy atom. The molecule has 2 amide bonds. The average molecular weight is 361 g/mol. The van der Waals surface area contributed by atoms with Gasteiger partial charge in [0, 0.05) is 11.1 Å². The van der Waals surface area contributed by atoms with Gasteiger partial charge in [-0.25, -0.2) is 0 Å². The second kappa shape index (κ2) is 8.89. The average Bonchev–Trinajstić information content (AvgIpc) is 2.96. The zero-order valence-electron chi connectivity index (χ0n) is 15.3. The maximum absolute atomic E-state index is 12.2. The van der Waals surface area contributed by atoms with Gasteiger partial charge in [0.1, 0.15) is 5.76 Å². The molecule has 140 valence electrons. The minimum Gasteiger partial charge on any atom is -0.493 e. The molecule has 1 heterocycles. The molecule has 0 saturated heterocycles. The van der Waals surface area contributed by atoms with E-state index >= 15 is 0 Å². The third kappa shape index (κ3) is 4.75. The monoisotopic (exact) mass is 361 g/mol. The van der Waals surface area contributed by atoms with E-state index in [1.807, 2.05) is 6.92 Å². The zero-order valence-corrected chi connectivity index (χ0v) is 15.3. The van der Waals surface area contributed by atoms with E-state index in [9.17, 15) is 9.59 Å². The van der Waals surface area contributed by atoms with Crippen molar-refractivity contribution in [2.75, 3.05) is 13.7 Å². The molecule has 0 bridgehead atoms. The van der Waals surface area contributed by atoms with Crippen LogP contribution in [0.4, 0.5) is 0 Å². The van der Waals surface area contributed by atoms with Crippen molar-refractivity contribution in [3.8, 4) is 11.5 Å². The smallest absolute Gasteiger partial charge is 0.269 e. The molecule has 8 heteroatoms. The predicted molar refractivity (Wildman–Crippen MR) is 94.1 cm³/mol. The van der Waals surface area contributed by atoms with Crippen LogP contribution >= 0.6 is 0 Å². The molecule has 0 radical (unpaired) electrons. The van der Waals surface area contributed by atoms with Crippen LogP contribution < -0.4 is 20.3 Å². The number of hydrazine groups is 1. The first kappa shape index (κ1) is 19.3. The molecule has 0 fully saturated rings. The first-order valence-electron chi connectivity index (χ1n) is 8.28. The summed E-state index contributed by atoms with van der Waals surface area (Å²) in [6.07, 6.45) is 0.928. The largest absolute Gasteiger partial charge is 0.493 e. The summed E-state index contributed by atoms with van der Waals surface area (Å²) in [5.41, 5.74) is 6.45. The highest BCUT2D eigenvalue weighted by Gasteiger charge is 2.15. The van der Waals surface area contributed by atoms with Crippen LogP contribution in [0.15, 0.2) is 22.7 Å². The van der Waals surface area contributed by atoms with E-state index in [1.54, 1.807) is 32.0 Å². The van der Waals surface area contributed by atoms with E-state index in [1.165, 1.54) is 7.11 Å². The van der Waals surface area contributed by atoms with Crippen LogP contribution in [0, 0.1) is 13.8 Å². The highest BCUT2D eigenvalue weighted by molar-refractivity contribution is 5.96. The number of hydrogen-bond donors (Lipinski definition) is 2. The van der Waals surface area contributed by atoms with Gasteiger partial charge in [-0.05, 0) is 38.5 Å². The second-order valence-corrected chi connectivity index (χ2v) is 5.70. The van der Waals surface area contributed by atoms with Crippen LogP contribution in [-0.4, -0.2) is 30.7 Å². The third-order valence-corrected chi connectivity index (χ3v) is 3.72. The standard InChI is InChI=1S/C18H23N3O5/c1-5-8-25-15-7-6-13(9-16(15)24-4)18(23)20-19-17(22)10-14-11(2)21-26-12(14)3/h6-7,9H,5,8,10H2,1-4H3,(H,19,22)(H,20,23). The Morgan fingerprint density at radius 1 is 1.19 bits per heavy atom. The van der Waals surface area contributed by atoms with Crippen LogP contribution in [-0.2, 0) is 11.2 Å². The molecule has 2 rings (SSSR count). The first-order chi connectivity index (χ1) is 12.5. The number of amides is 2. The van der Waals surface area contributed by atoms with Crippen molar-refractivity contribution in [2.24, 2.45) is 0 Å². The Kier molecular flexibility index (Phi) is 6.60. The summed E-state index contributed by atoms with van der Waals surface area (Å²) >= 11 is 0. The number of carbonyl (C=O) groups excluding carboxylic acids is 2. The lowest BCUT2D eigenvalue weighted by Gasteiger charge is -2.12. The molecule has 8 nitrogen and oxygen atoms in total. The highest BCUT2D eigenvalue weighted by Crippen LogP contribution is 2.28. The summed E-state index contributed by atoms with van der Waals surface area (Å²) in [4.78, 5) is 24.2. The molecular weight excluding hydrogens is 338 g/mol. The molecule has 0 atom stereocenters. The van der Waals surface area contributed by atoms with Crippen LogP contribution in [0.25, 0.3) is 0 Å². The molecular formula is C18H23N3O5. The fourth-order valence-electron chi connectivity index (χ4n) is 2.30. The Bertz CT molecular complexity index is 766. The van der Waals surface area contributed by atoms with Crippen LogP contribution in [0.2, 0.25) is 0 Å². The molecule has 26 heavy (non-hydrogen) atoms. The molecule has 1 aromatic heterocycles. The van der Waals surface area contributed by atoms with Crippen LogP contribution in [0.3, 0.4) is 0 Å². The zero-order chi connectivity index (χ0) is 19.1. The number of rotatable bonds is 7. The molecule has 2 N–H and O–H groups in total. The predicted octanol–water partition coefficient (Wildman–Crippen LogP) is 2.09. The van der Waals surface area contributed by atoms with Gasteiger partial charge in [-0.1, -0.05) is 12.1 Å². The van der Waals surface area contributed by atoms with Gasteiger partial charge in [0.25, 0.3) is 5.91 Å². The van der Waals surface area contributed by atoms with Crippen molar-refractivity contribution in [2.45, 2.75) is 33.6 Å². The lowest BCUT2D eigenvalue weighted by atomic mass is 10.1. The number of aryl methyl sites for hydroxylation is 2. The normalized spacial score (nSPS) is 10.3. The fourth-order valence-corrected chi connectivity index (χ4v) is 2.30. The molecule has 0 aliphatic heterocycles. The lowest BCUT2D eigenvalue weighted by Crippen LogP contribution is -2.42. The molecule has 0 unspecified atom stereocenters. The van der Waals surface area contributed by atoms with Gasteiger partial charge >= 0.3 is 0 Å². The maximum Gasteiger partial charge on any atom is 0.269 e. The molecule has 0 aliphatic carbocycles. The van der Waals surface area contributed by atoms with Crippen molar-refractivity contribution in [3.05, 3.63) is 40.8 Å². The van der Waals surface area contributed by atoms with E-state index in [2.05, 4.69) is 16.0 Å². The number of nitrogens with one attached hydrogen (secondary N) is 2. The fraction of sp³-hybridized carbons (Fsp3) is 0.389. The summed E-state index contributed by atoms with van der Waals surface area (Å²) in [5.74, 6) is 0.762. The minimum absolute atomic E-state index is 0.0641. The maximum atomic E-state index is 12.2. The Labute approximate surface area is 151 Å². The number of carbonyl (C=O) groups is 2. The molecule has 0 saturated carbocycles. The third-order valence-electron chi connectivity index (χ3n) is 3.72. The van der Waals surface area contributed by atoms with Crippen LogP contribution in [0.5, 0.6) is 11.5 Å². The van der Waals surface area contributed by atoms with Gasteiger partial charge in [-0.2, -0.15) is 0 Å². The van der Waals surface area contributed by atoms with E-state index in [-0.39, 0.29) is 12.3 Å². The number of ether oxygens (including phenoxy) is 2. The summed E-state index contributed by atoms with van der Waals surface area (Å²) in [7, 11) is 1.50. The van der Waals surface area contributed by atoms with Crippen molar-refractivity contribution >= 4 is 11.8 Å². The van der Waals surface area contributed by atoms with Crippen molar-refractivity contribution in [1.29, 1.82) is 0 Å². The SMILES string of the molecule is CCCOc1ccc(C(=O)NNC(=O)Cc2c(C)noc2C)cc1OC. The summed E-state index contributed by atoms with van der Waals surface area (Å²) in [5, 5.41) is 3.79. The quantitative estimate of drug-likeness (QED) is 0.732. The van der Waals surface area contributed by atoms with E-state index in [0.717, 1.165) is 6.42 Å². The Balaban J connectivity index is 1.96. The van der Waals surface area contributed by atoms with Crippen molar-refractivity contribution in [1.82, 2.24) is 16.0 Å². The van der Waals surface area contributed by atoms with Crippen LogP contribution in [0.1, 0.15) is 40.7 Å². The summed E-state index contributed by atoms with van der Waals surface area (Å²) in [6.45, 7) is 6.04. The van der Waals surface area contributed by atoms with Gasteiger partial charge in [0.15, 0.2) is 11.5 Å². The highest BCUT2D eigenvalue weighted by atomic mass is 16.5. The van der Waals surface area contributed by atoms with Crippen molar-refractivity contribution < 1.29 is 23.6 Å². The summed E-state index contributed by atoms with van der Waals surface area (Å²) in [6, 6.07) is 4.82. The summed E-state index contributed by atoms with van der Waals surface area (Å²) < 4.78 is 15.8. The molecule has 1 aromatic carbocycles. The first-order valence-corrected chi connectivity index (χ1v) is 8.28. The van der Waals surface area contributed by atoms with E-state index in [4.69, 9.17) is 14.0 Å². The van der Waals surface area contributed by atoms with Gasteiger partial charge in [-0.3, -0.25) is 20.4 Å². The van der Waals surface area contributed by atoms with Gasteiger partial charge in [0.2, 0.25) is 5.91 Å². The number of hydrogen-bond acceptors (Lipinski definition) is 6. The number of benzene rings is 1. The Morgan fingerprint density at radius 3 is 2.58 bits per heavy atom. The number of methoxy groups -OCH3 is 1. The number of nitrogens with zero attached hydrogens (tertiary/aromatic N) is 1. The lowest BCUT2D eigenvalue weighted by molar-refractivity contribution is -0.121. The van der Waals surface area contributed by atoms with Gasteiger partial charge < -0.3 is 14.0 Å². The van der Waals surface area contributed by atoms with Crippen molar-refractivity contribution in [3.63, 3.8) is 0 Å². The topological polar surface area (TPSA) is 103 Å². The minimum atomic E-state index is -0.461. The molecule has 2 aromatic rings. The molecule has 0 aliphatic rings. The van der Waals surface area contributed by atoms with Gasteiger partial charge in [-0.15, -0.1) is 0 Å². The Hall–Kier alpha value is -3.03. The number of aromatic nitrogens is 1. The second-order valence-electron chi connectivity index (χ2n) is 5.70.